The average Bonchev–Trinajstić information content (AvgIpc) is 2.31. The third kappa shape index (κ3) is 3.03. The molecule has 0 amide bonds. The second kappa shape index (κ2) is 5.27. The molecule has 0 saturated heterocycles. The lowest BCUT2D eigenvalue weighted by molar-refractivity contribution is 0.886. The summed E-state index contributed by atoms with van der Waals surface area (Å²) in [4.78, 5) is 18.6. The van der Waals surface area contributed by atoms with Crippen molar-refractivity contribution >= 4 is 15.9 Å². The second-order valence-electron chi connectivity index (χ2n) is 3.81. The van der Waals surface area contributed by atoms with Crippen LogP contribution in [0.4, 0.5) is 0 Å². The second-order valence-corrected chi connectivity index (χ2v) is 4.66. The van der Waals surface area contributed by atoms with Crippen molar-refractivity contribution in [3.63, 3.8) is 0 Å². The first-order valence-corrected chi connectivity index (χ1v) is 6.31. The van der Waals surface area contributed by atoms with E-state index >= 15 is 0 Å². The maximum Gasteiger partial charge on any atom is 0.251 e. The minimum absolute atomic E-state index is 0.0843. The van der Waals surface area contributed by atoms with Crippen LogP contribution in [0.15, 0.2) is 39.6 Å². The summed E-state index contributed by atoms with van der Waals surface area (Å²) in [7, 11) is 0. The van der Waals surface area contributed by atoms with Crippen molar-refractivity contribution in [1.29, 1.82) is 0 Å². The lowest BCUT2D eigenvalue weighted by atomic mass is 10.1. The normalized spacial score (nSPS) is 10.5. The van der Waals surface area contributed by atoms with Gasteiger partial charge in [0.25, 0.3) is 5.56 Å². The summed E-state index contributed by atoms with van der Waals surface area (Å²) in [6.07, 6.45) is 1.40. The smallest absolute Gasteiger partial charge is 0.251 e. The summed E-state index contributed by atoms with van der Waals surface area (Å²) in [5.41, 5.74) is 1.86. The lowest BCUT2D eigenvalue weighted by Gasteiger charge is -2.05. The highest BCUT2D eigenvalue weighted by Gasteiger charge is 2.04. The average molecular weight is 293 g/mol. The summed E-state index contributed by atoms with van der Waals surface area (Å²) in [6.45, 7) is 1.99. The van der Waals surface area contributed by atoms with E-state index in [1.54, 1.807) is 6.07 Å². The minimum atomic E-state index is -0.0843. The first-order chi connectivity index (χ1) is 8.19. The van der Waals surface area contributed by atoms with Gasteiger partial charge >= 0.3 is 0 Å². The van der Waals surface area contributed by atoms with Crippen LogP contribution in [0.2, 0.25) is 0 Å². The van der Waals surface area contributed by atoms with Gasteiger partial charge in [-0.15, -0.1) is 0 Å². The molecule has 1 aromatic heterocycles. The zero-order valence-electron chi connectivity index (χ0n) is 9.53. The lowest BCUT2D eigenvalue weighted by Crippen LogP contribution is -2.12. The van der Waals surface area contributed by atoms with Gasteiger partial charge in [-0.1, -0.05) is 41.1 Å². The Labute approximate surface area is 108 Å². The number of nitrogens with zero attached hydrogens (tertiary/aromatic N) is 1. The summed E-state index contributed by atoms with van der Waals surface area (Å²) < 4.78 is 1.03. The van der Waals surface area contributed by atoms with Gasteiger partial charge < -0.3 is 4.98 Å². The van der Waals surface area contributed by atoms with Gasteiger partial charge in [0.2, 0.25) is 0 Å². The third-order valence-corrected chi connectivity index (χ3v) is 3.30. The Bertz CT molecular complexity index is 578. The Kier molecular flexibility index (Phi) is 3.74. The molecule has 0 bridgehead atoms. The standard InChI is InChI=1S/C13H13BrN2O/c1-2-10-8-13(17)16-12(15-10)7-9-5-3-4-6-11(9)14/h3-6,8H,2,7H2,1H3,(H,15,16,17). The molecule has 2 rings (SSSR count). The predicted molar refractivity (Wildman–Crippen MR) is 71.2 cm³/mol. The fourth-order valence-electron chi connectivity index (χ4n) is 1.65. The van der Waals surface area contributed by atoms with Crippen LogP contribution in [0, 0.1) is 0 Å². The number of halogens is 1. The van der Waals surface area contributed by atoms with E-state index in [0.29, 0.717) is 12.2 Å². The Hall–Kier alpha value is -1.42. The maximum atomic E-state index is 11.4. The largest absolute Gasteiger partial charge is 0.310 e. The van der Waals surface area contributed by atoms with Gasteiger partial charge in [-0.2, -0.15) is 0 Å². The molecule has 17 heavy (non-hydrogen) atoms. The fraction of sp³-hybridized carbons (Fsp3) is 0.231. The molecule has 3 nitrogen and oxygen atoms in total. The van der Waals surface area contributed by atoms with Gasteiger partial charge in [-0.25, -0.2) is 4.98 Å². The highest BCUT2D eigenvalue weighted by atomic mass is 79.9. The van der Waals surface area contributed by atoms with Crippen LogP contribution in [-0.4, -0.2) is 9.97 Å². The van der Waals surface area contributed by atoms with Gasteiger partial charge in [-0.3, -0.25) is 4.79 Å². The van der Waals surface area contributed by atoms with E-state index in [4.69, 9.17) is 0 Å². The van der Waals surface area contributed by atoms with E-state index < -0.39 is 0 Å². The Balaban J connectivity index is 2.33. The van der Waals surface area contributed by atoms with Gasteiger partial charge in [0.05, 0.1) is 0 Å². The summed E-state index contributed by atoms with van der Waals surface area (Å²) >= 11 is 3.49. The fourth-order valence-corrected chi connectivity index (χ4v) is 2.08. The zero-order chi connectivity index (χ0) is 12.3. The number of H-pyrrole nitrogens is 1. The Morgan fingerprint density at radius 3 is 2.82 bits per heavy atom. The number of nitrogens with one attached hydrogen (secondary N) is 1. The quantitative estimate of drug-likeness (QED) is 0.945. The van der Waals surface area contributed by atoms with Crippen LogP contribution in [0.5, 0.6) is 0 Å². The van der Waals surface area contributed by atoms with Crippen LogP contribution in [0.1, 0.15) is 24.0 Å². The summed E-state index contributed by atoms with van der Waals surface area (Å²) in [5, 5.41) is 0. The molecule has 0 unspecified atom stereocenters. The van der Waals surface area contributed by atoms with E-state index in [2.05, 4.69) is 25.9 Å². The van der Waals surface area contributed by atoms with Crippen LogP contribution >= 0.6 is 15.9 Å². The third-order valence-electron chi connectivity index (χ3n) is 2.52. The van der Waals surface area contributed by atoms with E-state index in [9.17, 15) is 4.79 Å². The Morgan fingerprint density at radius 1 is 1.35 bits per heavy atom. The first-order valence-electron chi connectivity index (χ1n) is 5.51. The topological polar surface area (TPSA) is 45.8 Å². The number of benzene rings is 1. The molecule has 0 spiro atoms. The molecule has 0 aliphatic heterocycles. The van der Waals surface area contributed by atoms with E-state index in [1.807, 2.05) is 31.2 Å². The maximum absolute atomic E-state index is 11.4. The van der Waals surface area contributed by atoms with E-state index in [0.717, 1.165) is 22.2 Å². The van der Waals surface area contributed by atoms with E-state index in [1.165, 1.54) is 0 Å². The molecular weight excluding hydrogens is 280 g/mol. The van der Waals surface area contributed by atoms with Crippen LogP contribution in [0.25, 0.3) is 0 Å². The molecule has 0 fully saturated rings. The highest BCUT2D eigenvalue weighted by Crippen LogP contribution is 2.17. The molecule has 0 radical (unpaired) electrons. The molecule has 1 aromatic carbocycles. The van der Waals surface area contributed by atoms with Crippen molar-refractivity contribution in [1.82, 2.24) is 9.97 Å². The van der Waals surface area contributed by atoms with Gasteiger partial charge in [-0.05, 0) is 18.1 Å². The van der Waals surface area contributed by atoms with Crippen molar-refractivity contribution in [2.75, 3.05) is 0 Å². The van der Waals surface area contributed by atoms with Gasteiger partial charge in [0.1, 0.15) is 5.82 Å². The van der Waals surface area contributed by atoms with Gasteiger partial charge in [0, 0.05) is 22.7 Å². The predicted octanol–water partition coefficient (Wildman–Crippen LogP) is 2.69. The highest BCUT2D eigenvalue weighted by molar-refractivity contribution is 9.10. The Morgan fingerprint density at radius 2 is 2.12 bits per heavy atom. The van der Waals surface area contributed by atoms with Crippen LogP contribution in [-0.2, 0) is 12.8 Å². The minimum Gasteiger partial charge on any atom is -0.310 e. The summed E-state index contributed by atoms with van der Waals surface area (Å²) in [6, 6.07) is 9.48. The van der Waals surface area contributed by atoms with Crippen molar-refractivity contribution in [2.45, 2.75) is 19.8 Å². The molecule has 1 heterocycles. The monoisotopic (exact) mass is 292 g/mol. The molecule has 4 heteroatoms. The summed E-state index contributed by atoms with van der Waals surface area (Å²) in [5.74, 6) is 0.709. The van der Waals surface area contributed by atoms with Crippen LogP contribution in [0.3, 0.4) is 0 Å². The van der Waals surface area contributed by atoms with Crippen molar-refractivity contribution in [3.05, 3.63) is 62.2 Å². The number of aryl methyl sites for hydroxylation is 1. The molecule has 0 atom stereocenters. The van der Waals surface area contributed by atoms with Crippen LogP contribution < -0.4 is 5.56 Å². The van der Waals surface area contributed by atoms with Gasteiger partial charge in [0.15, 0.2) is 0 Å². The SMILES string of the molecule is CCc1cc(=O)[nH]c(Cc2ccccc2Br)n1. The molecule has 88 valence electrons. The molecule has 0 saturated carbocycles. The van der Waals surface area contributed by atoms with E-state index in [-0.39, 0.29) is 5.56 Å². The number of rotatable bonds is 3. The number of aromatic nitrogens is 2. The molecule has 0 aliphatic rings. The molecule has 1 N–H and O–H groups in total. The molecule has 2 aromatic rings. The number of aromatic amines is 1. The zero-order valence-corrected chi connectivity index (χ0v) is 11.1. The van der Waals surface area contributed by atoms with Crippen molar-refractivity contribution < 1.29 is 0 Å². The first kappa shape index (κ1) is 12.0. The number of hydrogen-bond acceptors (Lipinski definition) is 2. The number of hydrogen-bond donors (Lipinski definition) is 1. The van der Waals surface area contributed by atoms with Crippen molar-refractivity contribution in [2.24, 2.45) is 0 Å². The van der Waals surface area contributed by atoms with Crippen molar-refractivity contribution in [3.8, 4) is 0 Å². The molecular formula is C13H13BrN2O. The molecule has 0 aliphatic carbocycles.